The zero-order valence-electron chi connectivity index (χ0n) is 12.0. The number of carbonyl (C=O) groups excluding carboxylic acids is 1. The molecule has 0 saturated carbocycles. The molecule has 1 aromatic carbocycles. The van der Waals surface area contributed by atoms with Crippen molar-refractivity contribution in [3.63, 3.8) is 0 Å². The predicted octanol–water partition coefficient (Wildman–Crippen LogP) is 5.51. The third-order valence-electron chi connectivity index (χ3n) is 3.31. The first-order chi connectivity index (χ1) is 10.6. The lowest BCUT2D eigenvalue weighted by molar-refractivity contribution is 0.0792. The number of amides is 1. The van der Waals surface area contributed by atoms with Gasteiger partial charge in [0.25, 0.3) is 5.91 Å². The summed E-state index contributed by atoms with van der Waals surface area (Å²) in [5.74, 6) is 0.0679. The fraction of sp³-hybridized carbons (Fsp3) is 0.118. The van der Waals surface area contributed by atoms with Crippen LogP contribution in [0.3, 0.4) is 0 Å². The number of thiophene rings is 2. The fourth-order valence-corrected chi connectivity index (χ4v) is 4.68. The van der Waals surface area contributed by atoms with Gasteiger partial charge in [-0.15, -0.1) is 22.7 Å². The molecule has 2 heterocycles. The summed E-state index contributed by atoms with van der Waals surface area (Å²) in [6.45, 7) is 0.626. The predicted molar refractivity (Wildman–Crippen MR) is 97.6 cm³/mol. The molecule has 2 nitrogen and oxygen atoms in total. The zero-order valence-corrected chi connectivity index (χ0v) is 15.2. The maximum atomic E-state index is 12.7. The molecular weight excluding hydrogens is 378 g/mol. The van der Waals surface area contributed by atoms with E-state index in [1.165, 1.54) is 16.2 Å². The minimum absolute atomic E-state index is 0.0679. The molecule has 0 aliphatic heterocycles. The van der Waals surface area contributed by atoms with Crippen molar-refractivity contribution in [2.24, 2.45) is 0 Å². The summed E-state index contributed by atoms with van der Waals surface area (Å²) in [7, 11) is 1.85. The van der Waals surface area contributed by atoms with Gasteiger partial charge in [-0.1, -0.05) is 30.3 Å². The van der Waals surface area contributed by atoms with E-state index in [9.17, 15) is 4.79 Å². The van der Waals surface area contributed by atoms with Gasteiger partial charge >= 0.3 is 0 Å². The standard InChI is InChI=1S/C17H14BrNOS2/c1-19(11-13-7-8-15(18)22-13)17(20)16-14(9-10-21-16)12-5-3-2-4-6-12/h2-10H,11H2,1H3. The van der Waals surface area contributed by atoms with E-state index in [1.54, 1.807) is 16.2 Å². The maximum Gasteiger partial charge on any atom is 0.264 e. The Morgan fingerprint density at radius 2 is 1.91 bits per heavy atom. The van der Waals surface area contributed by atoms with Crippen LogP contribution in [0.25, 0.3) is 11.1 Å². The van der Waals surface area contributed by atoms with Crippen LogP contribution in [0, 0.1) is 0 Å². The molecule has 0 fully saturated rings. The average molecular weight is 392 g/mol. The third kappa shape index (κ3) is 3.32. The molecule has 5 heteroatoms. The molecule has 1 amide bonds. The molecule has 22 heavy (non-hydrogen) atoms. The van der Waals surface area contributed by atoms with E-state index in [0.717, 1.165) is 19.8 Å². The Labute approximate surface area is 146 Å². The first-order valence-corrected chi connectivity index (χ1v) is 9.26. The quantitative estimate of drug-likeness (QED) is 0.573. The third-order valence-corrected chi connectivity index (χ3v) is 5.82. The van der Waals surface area contributed by atoms with Crippen molar-refractivity contribution in [2.45, 2.75) is 6.54 Å². The molecule has 0 N–H and O–H groups in total. The highest BCUT2D eigenvalue weighted by Gasteiger charge is 2.18. The number of halogens is 1. The van der Waals surface area contributed by atoms with E-state index >= 15 is 0 Å². The van der Waals surface area contributed by atoms with Gasteiger partial charge in [-0.3, -0.25) is 4.79 Å². The normalized spacial score (nSPS) is 10.6. The molecule has 0 aliphatic rings. The van der Waals surface area contributed by atoms with E-state index in [1.807, 2.05) is 61.0 Å². The van der Waals surface area contributed by atoms with Crippen molar-refractivity contribution in [3.05, 3.63) is 67.5 Å². The van der Waals surface area contributed by atoms with Gasteiger partial charge < -0.3 is 4.90 Å². The number of hydrogen-bond donors (Lipinski definition) is 0. The maximum absolute atomic E-state index is 12.7. The zero-order chi connectivity index (χ0) is 15.5. The summed E-state index contributed by atoms with van der Waals surface area (Å²) in [5.41, 5.74) is 2.09. The number of hydrogen-bond acceptors (Lipinski definition) is 3. The Bertz CT molecular complexity index is 779. The molecule has 0 unspecified atom stereocenters. The number of nitrogens with zero attached hydrogens (tertiary/aromatic N) is 1. The average Bonchev–Trinajstić information content (AvgIpc) is 3.16. The first-order valence-electron chi connectivity index (χ1n) is 6.78. The number of rotatable bonds is 4. The Balaban J connectivity index is 1.82. The van der Waals surface area contributed by atoms with Gasteiger partial charge in [0.15, 0.2) is 0 Å². The molecule has 0 radical (unpaired) electrons. The molecular formula is C17H14BrNOS2. The van der Waals surface area contributed by atoms with Gasteiger partial charge in [0.1, 0.15) is 0 Å². The molecule has 0 spiro atoms. The molecule has 0 saturated heterocycles. The van der Waals surface area contributed by atoms with Crippen LogP contribution in [0.2, 0.25) is 0 Å². The second-order valence-corrected chi connectivity index (χ2v) is 8.36. The Morgan fingerprint density at radius 1 is 1.14 bits per heavy atom. The molecule has 3 rings (SSSR count). The lowest BCUT2D eigenvalue weighted by atomic mass is 10.1. The van der Waals surface area contributed by atoms with Crippen LogP contribution in [-0.4, -0.2) is 17.9 Å². The molecule has 112 valence electrons. The minimum Gasteiger partial charge on any atom is -0.336 e. The monoisotopic (exact) mass is 391 g/mol. The van der Waals surface area contributed by atoms with Gasteiger partial charge in [0.2, 0.25) is 0 Å². The van der Waals surface area contributed by atoms with Crippen molar-refractivity contribution in [2.75, 3.05) is 7.05 Å². The molecule has 3 aromatic rings. The highest BCUT2D eigenvalue weighted by atomic mass is 79.9. The van der Waals surface area contributed by atoms with E-state index in [0.29, 0.717) is 6.54 Å². The molecule has 0 atom stereocenters. The van der Waals surface area contributed by atoms with E-state index < -0.39 is 0 Å². The van der Waals surface area contributed by atoms with Crippen LogP contribution in [0.1, 0.15) is 14.5 Å². The summed E-state index contributed by atoms with van der Waals surface area (Å²) in [6, 6.07) is 16.1. The number of carbonyl (C=O) groups is 1. The van der Waals surface area contributed by atoms with Crippen LogP contribution in [0.15, 0.2) is 57.7 Å². The van der Waals surface area contributed by atoms with Crippen LogP contribution in [0.5, 0.6) is 0 Å². The lowest BCUT2D eigenvalue weighted by Gasteiger charge is -2.16. The summed E-state index contributed by atoms with van der Waals surface area (Å²) in [6.07, 6.45) is 0. The topological polar surface area (TPSA) is 20.3 Å². The van der Waals surface area contributed by atoms with E-state index in [2.05, 4.69) is 15.9 Å². The van der Waals surface area contributed by atoms with Gasteiger partial charge in [-0.25, -0.2) is 0 Å². The van der Waals surface area contributed by atoms with Crippen LogP contribution in [-0.2, 0) is 6.54 Å². The van der Waals surface area contributed by atoms with Gasteiger partial charge in [0, 0.05) is 17.5 Å². The fourth-order valence-electron chi connectivity index (χ4n) is 2.24. The highest BCUT2D eigenvalue weighted by Crippen LogP contribution is 2.30. The van der Waals surface area contributed by atoms with Gasteiger partial charge in [-0.2, -0.15) is 0 Å². The van der Waals surface area contributed by atoms with Crippen LogP contribution >= 0.6 is 38.6 Å². The summed E-state index contributed by atoms with van der Waals surface area (Å²) in [4.78, 5) is 16.5. The Morgan fingerprint density at radius 3 is 2.59 bits per heavy atom. The number of benzene rings is 1. The smallest absolute Gasteiger partial charge is 0.264 e. The SMILES string of the molecule is CN(Cc1ccc(Br)s1)C(=O)c1sccc1-c1ccccc1. The van der Waals surface area contributed by atoms with E-state index in [4.69, 9.17) is 0 Å². The van der Waals surface area contributed by atoms with E-state index in [-0.39, 0.29) is 5.91 Å². The molecule has 0 aliphatic carbocycles. The van der Waals surface area contributed by atoms with Gasteiger partial charge in [-0.05, 0) is 45.1 Å². The van der Waals surface area contributed by atoms with Crippen molar-refractivity contribution >= 4 is 44.5 Å². The van der Waals surface area contributed by atoms with Crippen molar-refractivity contribution in [1.82, 2.24) is 4.90 Å². The second kappa shape index (κ2) is 6.77. The van der Waals surface area contributed by atoms with Crippen molar-refractivity contribution in [3.8, 4) is 11.1 Å². The molecule has 0 bridgehead atoms. The minimum atomic E-state index is 0.0679. The second-order valence-electron chi connectivity index (χ2n) is 4.90. The Kier molecular flexibility index (Phi) is 4.76. The lowest BCUT2D eigenvalue weighted by Crippen LogP contribution is -2.25. The van der Waals surface area contributed by atoms with Crippen molar-refractivity contribution in [1.29, 1.82) is 0 Å². The first kappa shape index (κ1) is 15.5. The summed E-state index contributed by atoms with van der Waals surface area (Å²) in [5, 5.41) is 1.98. The summed E-state index contributed by atoms with van der Waals surface area (Å²) >= 11 is 6.61. The van der Waals surface area contributed by atoms with Crippen molar-refractivity contribution < 1.29 is 4.79 Å². The van der Waals surface area contributed by atoms with Crippen LogP contribution in [0.4, 0.5) is 0 Å². The summed E-state index contributed by atoms with van der Waals surface area (Å²) < 4.78 is 1.09. The largest absolute Gasteiger partial charge is 0.336 e. The Hall–Kier alpha value is -1.43. The highest BCUT2D eigenvalue weighted by molar-refractivity contribution is 9.11. The molecule has 2 aromatic heterocycles. The van der Waals surface area contributed by atoms with Crippen LogP contribution < -0.4 is 0 Å². The van der Waals surface area contributed by atoms with Gasteiger partial charge in [0.05, 0.1) is 15.2 Å².